The minimum absolute atomic E-state index is 0.0592. The molecule has 3 aromatic rings. The molecular weight excluding hydrogens is 476 g/mol. The maximum Gasteiger partial charge on any atom is 0.287 e. The van der Waals surface area contributed by atoms with Gasteiger partial charge in [0.05, 0.1) is 5.71 Å². The summed E-state index contributed by atoms with van der Waals surface area (Å²) in [5.74, 6) is 0.834. The van der Waals surface area contributed by atoms with Crippen LogP contribution in [0.4, 0.5) is 0 Å². The van der Waals surface area contributed by atoms with Gasteiger partial charge in [0.1, 0.15) is 5.76 Å². The number of aromatic nitrogens is 1. The highest BCUT2D eigenvalue weighted by Crippen LogP contribution is 2.38. The van der Waals surface area contributed by atoms with Gasteiger partial charge in [0, 0.05) is 41.2 Å². The molecule has 0 bridgehead atoms. The normalized spacial score (nSPS) is 20.4. The number of hydrogen-bond donors (Lipinski definition) is 2. The molecule has 7 nitrogen and oxygen atoms in total. The average molecular weight is 513 g/mol. The molecule has 2 aliphatic carbocycles. The number of benzene rings is 1. The molecule has 2 fully saturated rings. The highest BCUT2D eigenvalue weighted by molar-refractivity contribution is 6.04. The maximum atomic E-state index is 13.5. The van der Waals surface area contributed by atoms with Crippen molar-refractivity contribution < 1.29 is 14.4 Å². The Morgan fingerprint density at radius 1 is 0.947 bits per heavy atom. The van der Waals surface area contributed by atoms with Gasteiger partial charge < -0.3 is 14.9 Å². The first-order valence-electron chi connectivity index (χ1n) is 14.1. The molecule has 1 aliphatic heterocycles. The van der Waals surface area contributed by atoms with E-state index in [2.05, 4.69) is 26.4 Å². The molecule has 7 heteroatoms. The smallest absolute Gasteiger partial charge is 0.287 e. The van der Waals surface area contributed by atoms with Crippen LogP contribution in [0.15, 0.2) is 58.4 Å². The Morgan fingerprint density at radius 3 is 2.47 bits per heavy atom. The molecule has 38 heavy (non-hydrogen) atoms. The van der Waals surface area contributed by atoms with Gasteiger partial charge in [-0.2, -0.15) is 0 Å². The maximum absolute atomic E-state index is 13.5. The number of fused-ring (bicyclic) bond motifs is 1. The van der Waals surface area contributed by atoms with Gasteiger partial charge >= 0.3 is 0 Å². The molecule has 0 atom stereocenters. The van der Waals surface area contributed by atoms with E-state index in [1.165, 1.54) is 38.5 Å². The summed E-state index contributed by atoms with van der Waals surface area (Å²) in [5, 5.41) is 16.0. The Morgan fingerprint density at radius 2 is 1.71 bits per heavy atom. The van der Waals surface area contributed by atoms with Gasteiger partial charge in [-0.05, 0) is 87.0 Å². The van der Waals surface area contributed by atoms with Crippen LogP contribution < -0.4 is 5.32 Å². The molecule has 2 aromatic heterocycles. The first-order chi connectivity index (χ1) is 18.7. The summed E-state index contributed by atoms with van der Waals surface area (Å²) in [6.07, 6.45) is 14.9. The Hall–Kier alpha value is -3.45. The Kier molecular flexibility index (Phi) is 7.02. The van der Waals surface area contributed by atoms with Crippen molar-refractivity contribution in [2.45, 2.75) is 69.7 Å². The number of carbonyl (C=O) groups excluding carboxylic acids is 1. The molecule has 1 amide bonds. The number of oxime groups is 1. The molecule has 3 aliphatic rings. The second-order valence-electron chi connectivity index (χ2n) is 11.0. The van der Waals surface area contributed by atoms with Crippen LogP contribution in [0.3, 0.4) is 0 Å². The zero-order chi connectivity index (χ0) is 26.0. The number of nitrogens with one attached hydrogen (secondary N) is 1. The first kappa shape index (κ1) is 24.9. The lowest BCUT2D eigenvalue weighted by Gasteiger charge is -2.48. The summed E-state index contributed by atoms with van der Waals surface area (Å²) in [5.41, 5.74) is 5.60. The van der Waals surface area contributed by atoms with Gasteiger partial charge in [0.15, 0.2) is 5.76 Å². The minimum atomic E-state index is -0.163. The highest BCUT2D eigenvalue weighted by atomic mass is 16.4. The third kappa shape index (κ3) is 4.75. The van der Waals surface area contributed by atoms with Gasteiger partial charge in [0.25, 0.3) is 5.91 Å². The van der Waals surface area contributed by atoms with Crippen molar-refractivity contribution >= 4 is 11.6 Å². The number of hydrogen-bond acceptors (Lipinski definition) is 6. The Bertz CT molecular complexity index is 1320. The zero-order valence-corrected chi connectivity index (χ0v) is 21.9. The van der Waals surface area contributed by atoms with Crippen LogP contribution in [0.1, 0.15) is 79.5 Å². The van der Waals surface area contributed by atoms with E-state index < -0.39 is 0 Å². The lowest BCUT2D eigenvalue weighted by Crippen LogP contribution is -2.58. The topological polar surface area (TPSA) is 91.0 Å². The van der Waals surface area contributed by atoms with Gasteiger partial charge in [-0.15, -0.1) is 0 Å². The van der Waals surface area contributed by atoms with Gasteiger partial charge in [0.2, 0.25) is 0 Å². The zero-order valence-electron chi connectivity index (χ0n) is 21.9. The van der Waals surface area contributed by atoms with Crippen LogP contribution in [0, 0.1) is 0 Å². The molecule has 1 saturated carbocycles. The fourth-order valence-electron chi connectivity index (χ4n) is 6.69. The van der Waals surface area contributed by atoms with E-state index in [1.54, 1.807) is 12.4 Å². The molecular formula is C31H36N4O3. The Balaban J connectivity index is 1.29. The predicted octanol–water partition coefficient (Wildman–Crippen LogP) is 6.05. The largest absolute Gasteiger partial charge is 0.450 e. The van der Waals surface area contributed by atoms with Crippen LogP contribution in [0.25, 0.3) is 22.5 Å². The number of likely N-dealkylation sites (tertiary alicyclic amines) is 1. The number of pyridine rings is 1. The molecule has 0 unspecified atom stereocenters. The van der Waals surface area contributed by atoms with Crippen molar-refractivity contribution in [1.82, 2.24) is 15.2 Å². The summed E-state index contributed by atoms with van der Waals surface area (Å²) in [7, 11) is 0. The average Bonchev–Trinajstić information content (AvgIpc) is 3.62. The second kappa shape index (κ2) is 10.7. The number of aryl methyl sites for hydroxylation is 1. The van der Waals surface area contributed by atoms with Crippen LogP contribution >= 0.6 is 0 Å². The molecule has 6 rings (SSSR count). The first-order valence-corrected chi connectivity index (χ1v) is 14.1. The van der Waals surface area contributed by atoms with Gasteiger partial charge in [-0.3, -0.25) is 14.7 Å². The predicted molar refractivity (Wildman–Crippen MR) is 148 cm³/mol. The number of rotatable bonds is 6. The minimum Gasteiger partial charge on any atom is -0.450 e. The fourth-order valence-corrected chi connectivity index (χ4v) is 6.69. The number of piperidine rings is 1. The van der Waals surface area contributed by atoms with Crippen molar-refractivity contribution in [2.75, 3.05) is 19.6 Å². The standard InChI is InChI=1S/C31H36N4O3/c36-30(33-21-31(13-3-1-4-14-31)35-17-5-2-6-18-35)28-20-26(22-11-15-32-16-12-22)29(38-28)24-7-9-25-23(19-24)8-10-27(25)34-37/h7,9,11-12,15-16,19-20,37H,1-6,8,10,13-14,17-18,21H2,(H,33,36). The van der Waals surface area contributed by atoms with E-state index in [0.29, 0.717) is 23.8 Å². The molecule has 2 N–H and O–H groups in total. The molecule has 0 spiro atoms. The quantitative estimate of drug-likeness (QED) is 0.310. The molecule has 198 valence electrons. The van der Waals surface area contributed by atoms with E-state index in [4.69, 9.17) is 4.42 Å². The van der Waals surface area contributed by atoms with Crippen molar-refractivity contribution in [3.63, 3.8) is 0 Å². The van der Waals surface area contributed by atoms with Crippen LogP contribution in [0.5, 0.6) is 0 Å². The molecule has 0 radical (unpaired) electrons. The van der Waals surface area contributed by atoms with E-state index in [1.807, 2.05) is 30.3 Å². The summed E-state index contributed by atoms with van der Waals surface area (Å²) in [6.45, 7) is 2.93. The lowest BCUT2D eigenvalue weighted by atomic mass is 9.79. The molecule has 1 aromatic carbocycles. The second-order valence-corrected chi connectivity index (χ2v) is 11.0. The SMILES string of the molecule is O=C(NCC1(N2CCCCC2)CCCCC1)c1cc(-c2ccncc2)c(-c2ccc3c(c2)CCC3=NO)o1. The number of amides is 1. The van der Waals surface area contributed by atoms with E-state index >= 15 is 0 Å². The molecule has 3 heterocycles. The van der Waals surface area contributed by atoms with E-state index in [9.17, 15) is 10.0 Å². The number of carbonyl (C=O) groups is 1. The highest BCUT2D eigenvalue weighted by Gasteiger charge is 2.39. The summed E-state index contributed by atoms with van der Waals surface area (Å²) in [6, 6.07) is 11.8. The number of furan rings is 1. The number of nitrogens with zero attached hydrogens (tertiary/aromatic N) is 3. The Labute approximate surface area is 223 Å². The summed E-state index contributed by atoms with van der Waals surface area (Å²) in [4.78, 5) is 20.3. The third-order valence-electron chi connectivity index (χ3n) is 8.77. The van der Waals surface area contributed by atoms with E-state index in [0.717, 1.165) is 66.6 Å². The monoisotopic (exact) mass is 512 g/mol. The van der Waals surface area contributed by atoms with Gasteiger partial charge in [-0.1, -0.05) is 43.0 Å². The van der Waals surface area contributed by atoms with Crippen molar-refractivity contribution in [3.05, 3.63) is 65.7 Å². The van der Waals surface area contributed by atoms with Crippen LogP contribution in [-0.4, -0.2) is 51.9 Å². The van der Waals surface area contributed by atoms with Crippen LogP contribution in [-0.2, 0) is 6.42 Å². The fraction of sp³-hybridized carbons (Fsp3) is 0.452. The van der Waals surface area contributed by atoms with Gasteiger partial charge in [-0.25, -0.2) is 0 Å². The lowest BCUT2D eigenvalue weighted by molar-refractivity contribution is 0.0323. The van der Waals surface area contributed by atoms with Crippen molar-refractivity contribution in [1.29, 1.82) is 0 Å². The third-order valence-corrected chi connectivity index (χ3v) is 8.77. The summed E-state index contributed by atoms with van der Waals surface area (Å²) < 4.78 is 6.32. The van der Waals surface area contributed by atoms with E-state index in [-0.39, 0.29) is 11.4 Å². The molecule has 1 saturated heterocycles. The van der Waals surface area contributed by atoms with Crippen molar-refractivity contribution in [3.8, 4) is 22.5 Å². The van der Waals surface area contributed by atoms with Crippen molar-refractivity contribution in [2.24, 2.45) is 5.16 Å². The van der Waals surface area contributed by atoms with Crippen LogP contribution in [0.2, 0.25) is 0 Å². The summed E-state index contributed by atoms with van der Waals surface area (Å²) >= 11 is 0.